The number of ether oxygens (including phenoxy) is 1. The van der Waals surface area contributed by atoms with E-state index in [2.05, 4.69) is 4.98 Å². The minimum absolute atomic E-state index is 0.0402. The van der Waals surface area contributed by atoms with Crippen LogP contribution in [0.1, 0.15) is 25.8 Å². The maximum atomic E-state index is 12.6. The molecule has 2 aromatic rings. The quantitative estimate of drug-likeness (QED) is 0.821. The third kappa shape index (κ3) is 4.03. The maximum absolute atomic E-state index is 12.6. The summed E-state index contributed by atoms with van der Waals surface area (Å²) in [6.07, 6.45) is 1.99. The first-order valence-corrected chi connectivity index (χ1v) is 7.57. The monoisotopic (exact) mass is 318 g/mol. The van der Waals surface area contributed by atoms with Crippen LogP contribution in [-0.2, 0) is 16.0 Å². The van der Waals surface area contributed by atoms with Crippen molar-refractivity contribution >= 4 is 22.8 Å². The highest BCUT2D eigenvalue weighted by molar-refractivity contribution is 5.90. The first kappa shape index (κ1) is 16.9. The predicted molar refractivity (Wildman–Crippen MR) is 87.7 cm³/mol. The van der Waals surface area contributed by atoms with Gasteiger partial charge in [-0.05, 0) is 37.6 Å². The Kier molecular flexibility index (Phi) is 5.26. The molecule has 2 N–H and O–H groups in total. The summed E-state index contributed by atoms with van der Waals surface area (Å²) in [5.41, 5.74) is 1.82. The molecule has 23 heavy (non-hydrogen) atoms. The van der Waals surface area contributed by atoms with Gasteiger partial charge in [-0.3, -0.25) is 9.59 Å². The Bertz CT molecular complexity index is 706. The Morgan fingerprint density at radius 3 is 2.70 bits per heavy atom. The molecule has 0 saturated heterocycles. The minimum atomic E-state index is -0.903. The Morgan fingerprint density at radius 2 is 2.09 bits per heavy atom. The van der Waals surface area contributed by atoms with Gasteiger partial charge in [0, 0.05) is 29.7 Å². The number of aromatic amines is 1. The van der Waals surface area contributed by atoms with Gasteiger partial charge in [0.25, 0.3) is 0 Å². The van der Waals surface area contributed by atoms with Gasteiger partial charge >= 0.3 is 5.97 Å². The number of rotatable bonds is 7. The lowest BCUT2D eigenvalue weighted by Crippen LogP contribution is -2.39. The number of carbonyl (C=O) groups is 2. The van der Waals surface area contributed by atoms with Crippen LogP contribution in [0.4, 0.5) is 0 Å². The summed E-state index contributed by atoms with van der Waals surface area (Å²) < 4.78 is 5.23. The van der Waals surface area contributed by atoms with Crippen molar-refractivity contribution in [3.8, 4) is 5.75 Å². The molecule has 0 aliphatic rings. The van der Waals surface area contributed by atoms with Crippen LogP contribution in [0.25, 0.3) is 10.9 Å². The number of H-pyrrole nitrogens is 1. The number of nitrogens with zero attached hydrogens (tertiary/aromatic N) is 1. The molecule has 1 aromatic carbocycles. The molecule has 0 aliphatic carbocycles. The Morgan fingerprint density at radius 1 is 1.35 bits per heavy atom. The molecule has 0 fully saturated rings. The van der Waals surface area contributed by atoms with Gasteiger partial charge < -0.3 is 19.7 Å². The number of amides is 1. The number of carbonyl (C=O) groups excluding carboxylic acids is 1. The topological polar surface area (TPSA) is 82.6 Å². The van der Waals surface area contributed by atoms with E-state index >= 15 is 0 Å². The molecule has 0 bridgehead atoms. The van der Waals surface area contributed by atoms with Crippen LogP contribution in [0, 0.1) is 0 Å². The van der Waals surface area contributed by atoms with E-state index in [0.717, 1.165) is 22.2 Å². The third-order valence-electron chi connectivity index (χ3n) is 3.83. The van der Waals surface area contributed by atoms with Crippen molar-refractivity contribution in [2.75, 3.05) is 13.7 Å². The van der Waals surface area contributed by atoms with Crippen molar-refractivity contribution in [2.24, 2.45) is 0 Å². The lowest BCUT2D eigenvalue weighted by Gasteiger charge is -2.26. The zero-order chi connectivity index (χ0) is 17.0. The summed E-state index contributed by atoms with van der Waals surface area (Å²) in [7, 11) is 1.60. The summed E-state index contributed by atoms with van der Waals surface area (Å²) in [4.78, 5) is 28.1. The lowest BCUT2D eigenvalue weighted by molar-refractivity contribution is -0.139. The molecular weight excluding hydrogens is 296 g/mol. The van der Waals surface area contributed by atoms with Crippen LogP contribution in [0.15, 0.2) is 24.4 Å². The van der Waals surface area contributed by atoms with Gasteiger partial charge in [0.2, 0.25) is 5.91 Å². The average molecular weight is 318 g/mol. The zero-order valence-electron chi connectivity index (χ0n) is 13.6. The average Bonchev–Trinajstić information content (AvgIpc) is 2.89. The molecule has 124 valence electrons. The third-order valence-corrected chi connectivity index (χ3v) is 3.83. The molecule has 0 saturated carbocycles. The van der Waals surface area contributed by atoms with Crippen LogP contribution in [-0.4, -0.2) is 46.6 Å². The Labute approximate surface area is 135 Å². The van der Waals surface area contributed by atoms with E-state index < -0.39 is 5.97 Å². The van der Waals surface area contributed by atoms with Crippen molar-refractivity contribution < 1.29 is 19.4 Å². The highest BCUT2D eigenvalue weighted by Gasteiger charge is 2.19. The van der Waals surface area contributed by atoms with E-state index in [4.69, 9.17) is 9.84 Å². The number of aromatic nitrogens is 1. The van der Waals surface area contributed by atoms with Gasteiger partial charge in [-0.1, -0.05) is 0 Å². The molecule has 0 unspecified atom stereocenters. The second kappa shape index (κ2) is 7.17. The van der Waals surface area contributed by atoms with Crippen molar-refractivity contribution in [3.63, 3.8) is 0 Å². The molecule has 0 aliphatic heterocycles. The highest BCUT2D eigenvalue weighted by Crippen LogP contribution is 2.24. The SMILES string of the molecule is COc1ccc2[nH]cc(CC(=O)N(CCC(=O)O)C(C)C)c2c1. The summed E-state index contributed by atoms with van der Waals surface area (Å²) in [5.74, 6) is -0.248. The van der Waals surface area contributed by atoms with E-state index in [-0.39, 0.29) is 31.3 Å². The van der Waals surface area contributed by atoms with Crippen molar-refractivity contribution in [1.82, 2.24) is 9.88 Å². The number of fused-ring (bicyclic) bond motifs is 1. The summed E-state index contributed by atoms with van der Waals surface area (Å²) in [6.45, 7) is 3.99. The fourth-order valence-corrected chi connectivity index (χ4v) is 2.58. The molecule has 1 aromatic heterocycles. The normalized spacial score (nSPS) is 11.0. The molecule has 0 atom stereocenters. The largest absolute Gasteiger partial charge is 0.497 e. The van der Waals surface area contributed by atoms with Gasteiger partial charge in [0.15, 0.2) is 0 Å². The molecule has 1 heterocycles. The van der Waals surface area contributed by atoms with Crippen molar-refractivity contribution in [2.45, 2.75) is 32.7 Å². The number of benzene rings is 1. The van der Waals surface area contributed by atoms with Crippen LogP contribution in [0.3, 0.4) is 0 Å². The van der Waals surface area contributed by atoms with Crippen LogP contribution in [0.2, 0.25) is 0 Å². The minimum Gasteiger partial charge on any atom is -0.497 e. The maximum Gasteiger partial charge on any atom is 0.305 e. The van der Waals surface area contributed by atoms with E-state index in [9.17, 15) is 9.59 Å². The number of carboxylic acids is 1. The fourth-order valence-electron chi connectivity index (χ4n) is 2.58. The van der Waals surface area contributed by atoms with E-state index in [1.807, 2.05) is 38.2 Å². The number of hydrogen-bond acceptors (Lipinski definition) is 3. The summed E-state index contributed by atoms with van der Waals surface area (Å²) in [5, 5.41) is 9.77. The van der Waals surface area contributed by atoms with Gasteiger partial charge in [-0.15, -0.1) is 0 Å². The zero-order valence-corrected chi connectivity index (χ0v) is 13.6. The first-order chi connectivity index (χ1) is 10.9. The standard InChI is InChI=1S/C17H22N2O4/c1-11(2)19(7-6-17(21)22)16(20)8-12-10-18-15-5-4-13(23-3)9-14(12)15/h4-5,9-11,18H,6-8H2,1-3H3,(H,21,22). The second-order valence-corrected chi connectivity index (χ2v) is 5.73. The lowest BCUT2D eigenvalue weighted by atomic mass is 10.1. The van der Waals surface area contributed by atoms with Crippen molar-refractivity contribution in [1.29, 1.82) is 0 Å². The molecular formula is C17H22N2O4. The Hall–Kier alpha value is -2.50. The van der Waals surface area contributed by atoms with Crippen LogP contribution in [0.5, 0.6) is 5.75 Å². The van der Waals surface area contributed by atoms with Gasteiger partial charge in [0.1, 0.15) is 5.75 Å². The molecule has 1 amide bonds. The van der Waals surface area contributed by atoms with Crippen LogP contribution >= 0.6 is 0 Å². The number of carboxylic acid groups (broad SMARTS) is 1. The van der Waals surface area contributed by atoms with Crippen LogP contribution < -0.4 is 4.74 Å². The van der Waals surface area contributed by atoms with Crippen molar-refractivity contribution in [3.05, 3.63) is 30.0 Å². The highest BCUT2D eigenvalue weighted by atomic mass is 16.5. The smallest absolute Gasteiger partial charge is 0.305 e. The number of hydrogen-bond donors (Lipinski definition) is 2. The number of aliphatic carboxylic acids is 1. The van der Waals surface area contributed by atoms with E-state index in [0.29, 0.717) is 0 Å². The molecule has 6 nitrogen and oxygen atoms in total. The van der Waals surface area contributed by atoms with Gasteiger partial charge in [-0.2, -0.15) is 0 Å². The number of nitrogens with one attached hydrogen (secondary N) is 1. The fraction of sp³-hybridized carbons (Fsp3) is 0.412. The van der Waals surface area contributed by atoms with Gasteiger partial charge in [-0.25, -0.2) is 0 Å². The molecule has 2 rings (SSSR count). The first-order valence-electron chi connectivity index (χ1n) is 7.57. The van der Waals surface area contributed by atoms with E-state index in [1.54, 1.807) is 12.0 Å². The number of methoxy groups -OCH3 is 1. The second-order valence-electron chi connectivity index (χ2n) is 5.73. The van der Waals surface area contributed by atoms with Gasteiger partial charge in [0.05, 0.1) is 20.0 Å². The summed E-state index contributed by atoms with van der Waals surface area (Å²) >= 11 is 0. The molecule has 6 heteroatoms. The molecule has 0 radical (unpaired) electrons. The molecule has 0 spiro atoms. The Balaban J connectivity index is 2.19. The van der Waals surface area contributed by atoms with E-state index in [1.165, 1.54) is 0 Å². The summed E-state index contributed by atoms with van der Waals surface area (Å²) in [6, 6.07) is 5.62. The predicted octanol–water partition coefficient (Wildman–Crippen LogP) is 2.43.